The molecule has 0 aliphatic heterocycles. The molecule has 28 heavy (non-hydrogen) atoms. The third kappa shape index (κ3) is 3.91. The first-order valence-electron chi connectivity index (χ1n) is 10.0. The Morgan fingerprint density at radius 3 is 2.57 bits per heavy atom. The number of aromatic nitrogens is 1. The SMILES string of the molecule is C[C@@H](NC(=O)c1ccccc1)[C@H]1CC[C@H](c2ccnc3ccc(F)cc32)CC1. The van der Waals surface area contributed by atoms with Crippen LogP contribution in [0.25, 0.3) is 10.9 Å². The predicted molar refractivity (Wildman–Crippen MR) is 110 cm³/mol. The average molecular weight is 376 g/mol. The maximum Gasteiger partial charge on any atom is 0.251 e. The minimum absolute atomic E-state index is 0.00849. The van der Waals surface area contributed by atoms with Gasteiger partial charge in [-0.1, -0.05) is 18.2 Å². The summed E-state index contributed by atoms with van der Waals surface area (Å²) in [6, 6.07) is 16.4. The van der Waals surface area contributed by atoms with Crippen LogP contribution in [0, 0.1) is 11.7 Å². The lowest BCUT2D eigenvalue weighted by molar-refractivity contribution is 0.0918. The molecule has 2 aromatic carbocycles. The summed E-state index contributed by atoms with van der Waals surface area (Å²) < 4.78 is 13.7. The average Bonchev–Trinajstić information content (AvgIpc) is 2.74. The molecule has 3 nitrogen and oxygen atoms in total. The van der Waals surface area contributed by atoms with Gasteiger partial charge in [0, 0.05) is 23.2 Å². The van der Waals surface area contributed by atoms with E-state index >= 15 is 0 Å². The molecule has 4 heteroatoms. The summed E-state index contributed by atoms with van der Waals surface area (Å²) >= 11 is 0. The molecule has 0 unspecified atom stereocenters. The van der Waals surface area contributed by atoms with Gasteiger partial charge in [0.05, 0.1) is 5.52 Å². The van der Waals surface area contributed by atoms with Crippen LogP contribution in [-0.2, 0) is 0 Å². The maximum atomic E-state index is 13.7. The minimum atomic E-state index is -0.215. The van der Waals surface area contributed by atoms with Crippen molar-refractivity contribution in [3.05, 3.63) is 77.7 Å². The normalized spacial score (nSPS) is 20.6. The van der Waals surface area contributed by atoms with E-state index in [1.807, 2.05) is 42.6 Å². The van der Waals surface area contributed by atoms with Gasteiger partial charge in [-0.15, -0.1) is 0 Å². The summed E-state index contributed by atoms with van der Waals surface area (Å²) in [5.41, 5.74) is 2.75. The second kappa shape index (κ2) is 8.09. The number of benzene rings is 2. The molecule has 1 N–H and O–H groups in total. The van der Waals surface area contributed by atoms with Crippen LogP contribution in [0.15, 0.2) is 60.8 Å². The second-order valence-electron chi connectivity index (χ2n) is 7.80. The summed E-state index contributed by atoms with van der Waals surface area (Å²) in [6.45, 7) is 2.10. The molecular formula is C24H25FN2O. The highest BCUT2D eigenvalue weighted by Gasteiger charge is 2.28. The number of rotatable bonds is 4. The Kier molecular flexibility index (Phi) is 5.38. The van der Waals surface area contributed by atoms with Gasteiger partial charge >= 0.3 is 0 Å². The fourth-order valence-corrected chi connectivity index (χ4v) is 4.42. The molecule has 1 heterocycles. The first-order valence-corrected chi connectivity index (χ1v) is 10.0. The van der Waals surface area contributed by atoms with Gasteiger partial charge in [-0.25, -0.2) is 4.39 Å². The predicted octanol–water partition coefficient (Wildman–Crippen LogP) is 5.47. The Hall–Kier alpha value is -2.75. The van der Waals surface area contributed by atoms with E-state index in [9.17, 15) is 9.18 Å². The molecule has 1 aliphatic rings. The summed E-state index contributed by atoms with van der Waals surface area (Å²) in [6.07, 6.45) is 6.03. The van der Waals surface area contributed by atoms with Crippen molar-refractivity contribution in [3.63, 3.8) is 0 Å². The van der Waals surface area contributed by atoms with Gasteiger partial charge in [0.25, 0.3) is 5.91 Å². The van der Waals surface area contributed by atoms with Gasteiger partial charge in [0.15, 0.2) is 0 Å². The van der Waals surface area contributed by atoms with E-state index in [0.717, 1.165) is 36.6 Å². The zero-order valence-electron chi connectivity index (χ0n) is 16.1. The number of hydrogen-bond donors (Lipinski definition) is 1. The summed E-state index contributed by atoms with van der Waals surface area (Å²) in [7, 11) is 0. The van der Waals surface area contributed by atoms with Gasteiger partial charge in [-0.3, -0.25) is 9.78 Å². The highest BCUT2D eigenvalue weighted by Crippen LogP contribution is 2.39. The Morgan fingerprint density at radius 1 is 1.07 bits per heavy atom. The number of amides is 1. The van der Waals surface area contributed by atoms with E-state index in [-0.39, 0.29) is 17.8 Å². The molecule has 3 aromatic rings. The van der Waals surface area contributed by atoms with E-state index in [1.165, 1.54) is 11.6 Å². The third-order valence-electron chi connectivity index (χ3n) is 6.05. The molecule has 1 amide bonds. The van der Waals surface area contributed by atoms with Gasteiger partial charge in [0.1, 0.15) is 5.82 Å². The lowest BCUT2D eigenvalue weighted by atomic mass is 9.75. The molecule has 4 rings (SSSR count). The Balaban J connectivity index is 1.41. The fourth-order valence-electron chi connectivity index (χ4n) is 4.42. The molecule has 1 atom stereocenters. The molecule has 0 radical (unpaired) electrons. The lowest BCUT2D eigenvalue weighted by Gasteiger charge is -2.33. The monoisotopic (exact) mass is 376 g/mol. The van der Waals surface area contributed by atoms with Crippen molar-refractivity contribution in [3.8, 4) is 0 Å². The highest BCUT2D eigenvalue weighted by atomic mass is 19.1. The topological polar surface area (TPSA) is 42.0 Å². The zero-order valence-corrected chi connectivity index (χ0v) is 16.1. The van der Waals surface area contributed by atoms with Crippen LogP contribution in [0.4, 0.5) is 4.39 Å². The van der Waals surface area contributed by atoms with Crippen molar-refractivity contribution in [2.24, 2.45) is 5.92 Å². The number of fused-ring (bicyclic) bond motifs is 1. The van der Waals surface area contributed by atoms with Gasteiger partial charge in [-0.2, -0.15) is 0 Å². The standard InChI is InChI=1S/C24H25FN2O/c1-16(27-24(28)19-5-3-2-4-6-19)17-7-9-18(10-8-17)21-13-14-26-23-12-11-20(25)15-22(21)23/h2-6,11-18H,7-10H2,1H3,(H,27,28)/t16-,17-,18-/m1/s1. The van der Waals surface area contributed by atoms with E-state index in [1.54, 1.807) is 12.1 Å². The van der Waals surface area contributed by atoms with Crippen LogP contribution in [-0.4, -0.2) is 16.9 Å². The fraction of sp³-hybridized carbons (Fsp3) is 0.333. The second-order valence-corrected chi connectivity index (χ2v) is 7.80. The third-order valence-corrected chi connectivity index (χ3v) is 6.05. The van der Waals surface area contributed by atoms with Crippen LogP contribution in [0.3, 0.4) is 0 Å². The van der Waals surface area contributed by atoms with Gasteiger partial charge < -0.3 is 5.32 Å². The maximum absolute atomic E-state index is 13.7. The van der Waals surface area contributed by atoms with E-state index in [0.29, 0.717) is 17.4 Å². The Labute approximate surface area is 165 Å². The van der Waals surface area contributed by atoms with E-state index in [2.05, 4.69) is 17.2 Å². The first kappa shape index (κ1) is 18.6. The molecular weight excluding hydrogens is 351 g/mol. The molecule has 1 saturated carbocycles. The molecule has 1 fully saturated rings. The van der Waals surface area contributed by atoms with Crippen LogP contribution >= 0.6 is 0 Å². The van der Waals surface area contributed by atoms with Crippen LogP contribution in [0.2, 0.25) is 0 Å². The lowest BCUT2D eigenvalue weighted by Crippen LogP contribution is -2.39. The summed E-state index contributed by atoms with van der Waals surface area (Å²) in [5.74, 6) is 0.660. The van der Waals surface area contributed by atoms with Gasteiger partial charge in [0.2, 0.25) is 0 Å². The van der Waals surface area contributed by atoms with Crippen LogP contribution in [0.5, 0.6) is 0 Å². The minimum Gasteiger partial charge on any atom is -0.349 e. The number of nitrogens with one attached hydrogen (secondary N) is 1. The largest absolute Gasteiger partial charge is 0.349 e. The van der Waals surface area contributed by atoms with E-state index < -0.39 is 0 Å². The molecule has 0 bridgehead atoms. The number of hydrogen-bond acceptors (Lipinski definition) is 2. The van der Waals surface area contributed by atoms with Crippen molar-refractivity contribution in [1.82, 2.24) is 10.3 Å². The molecule has 0 saturated heterocycles. The number of carbonyl (C=O) groups excluding carboxylic acids is 1. The zero-order chi connectivity index (χ0) is 19.5. The van der Waals surface area contributed by atoms with Crippen molar-refractivity contribution >= 4 is 16.8 Å². The summed E-state index contributed by atoms with van der Waals surface area (Å²) in [5, 5.41) is 4.09. The smallest absolute Gasteiger partial charge is 0.251 e. The van der Waals surface area contributed by atoms with Crippen molar-refractivity contribution < 1.29 is 9.18 Å². The van der Waals surface area contributed by atoms with Crippen LogP contribution in [0.1, 0.15) is 54.4 Å². The molecule has 1 aromatic heterocycles. The highest BCUT2D eigenvalue weighted by molar-refractivity contribution is 5.94. The Morgan fingerprint density at radius 2 is 1.82 bits per heavy atom. The number of halogens is 1. The molecule has 144 valence electrons. The molecule has 0 spiro atoms. The number of nitrogens with zero attached hydrogens (tertiary/aromatic N) is 1. The quantitative estimate of drug-likeness (QED) is 0.656. The van der Waals surface area contributed by atoms with Crippen molar-refractivity contribution in [1.29, 1.82) is 0 Å². The summed E-state index contributed by atoms with van der Waals surface area (Å²) in [4.78, 5) is 16.8. The van der Waals surface area contributed by atoms with Crippen LogP contribution < -0.4 is 5.32 Å². The van der Waals surface area contributed by atoms with Crippen molar-refractivity contribution in [2.75, 3.05) is 0 Å². The Bertz CT molecular complexity index is 965. The number of pyridine rings is 1. The van der Waals surface area contributed by atoms with Crippen molar-refractivity contribution in [2.45, 2.75) is 44.6 Å². The van der Waals surface area contributed by atoms with E-state index in [4.69, 9.17) is 0 Å². The molecule has 1 aliphatic carbocycles. The van der Waals surface area contributed by atoms with Gasteiger partial charge in [-0.05, 0) is 86.4 Å². The first-order chi connectivity index (χ1) is 13.6. The number of carbonyl (C=O) groups is 1.